The van der Waals surface area contributed by atoms with E-state index in [1.165, 1.54) is 11.1 Å². The van der Waals surface area contributed by atoms with Gasteiger partial charge < -0.3 is 21.1 Å². The van der Waals surface area contributed by atoms with Crippen molar-refractivity contribution in [2.24, 2.45) is 5.73 Å². The second kappa shape index (κ2) is 11.2. The quantitative estimate of drug-likeness (QED) is 0.196. The summed E-state index contributed by atoms with van der Waals surface area (Å²) >= 11 is 6.17. The Kier molecular flexibility index (Phi) is 7.60. The standard InChI is InChI=1S/C28H30ClN5O2/c29-20-6-3-18-5-8-25(23(18)16-20)32-10-1-2-13-36-14-12-33-28-22-9-11-31-17-24(22)21-7-4-19(27(30)35)15-26(21)34-28/h3-4,6-7,9,11,15-17,25,32H,1-2,5,8,10,12-14H2,(H2,30,35)(H,33,34). The maximum absolute atomic E-state index is 11.6. The Morgan fingerprint density at radius 3 is 2.86 bits per heavy atom. The van der Waals surface area contributed by atoms with Crippen molar-refractivity contribution in [3.05, 3.63) is 76.6 Å². The summed E-state index contributed by atoms with van der Waals surface area (Å²) in [6.45, 7) is 2.89. The number of unbranched alkanes of at least 4 members (excludes halogenated alkanes) is 1. The molecule has 4 N–H and O–H groups in total. The molecule has 4 aromatic rings. The first-order valence-corrected chi connectivity index (χ1v) is 12.8. The van der Waals surface area contributed by atoms with E-state index in [1.807, 2.05) is 24.4 Å². The number of aryl methyl sites for hydroxylation is 1. The van der Waals surface area contributed by atoms with Gasteiger partial charge in [0, 0.05) is 58.3 Å². The smallest absolute Gasteiger partial charge is 0.248 e. The predicted octanol–water partition coefficient (Wildman–Crippen LogP) is 5.02. The summed E-state index contributed by atoms with van der Waals surface area (Å²) in [7, 11) is 0. The fourth-order valence-corrected chi connectivity index (χ4v) is 5.05. The van der Waals surface area contributed by atoms with Gasteiger partial charge in [0.1, 0.15) is 5.82 Å². The molecular weight excluding hydrogens is 474 g/mol. The molecule has 1 atom stereocenters. The highest BCUT2D eigenvalue weighted by Crippen LogP contribution is 2.33. The van der Waals surface area contributed by atoms with Crippen LogP contribution in [0.25, 0.3) is 21.7 Å². The minimum atomic E-state index is -0.472. The third kappa shape index (κ3) is 5.43. The molecule has 0 aliphatic heterocycles. The number of amides is 1. The van der Waals surface area contributed by atoms with Crippen molar-refractivity contribution in [3.8, 4) is 0 Å². The van der Waals surface area contributed by atoms with E-state index < -0.39 is 5.91 Å². The van der Waals surface area contributed by atoms with Gasteiger partial charge in [0.25, 0.3) is 0 Å². The lowest BCUT2D eigenvalue weighted by Gasteiger charge is -2.14. The van der Waals surface area contributed by atoms with Crippen molar-refractivity contribution in [3.63, 3.8) is 0 Å². The summed E-state index contributed by atoms with van der Waals surface area (Å²) in [4.78, 5) is 20.6. The number of carbonyl (C=O) groups is 1. The van der Waals surface area contributed by atoms with Gasteiger partial charge in [-0.05, 0) is 73.7 Å². The Balaban J connectivity index is 1.07. The van der Waals surface area contributed by atoms with Crippen LogP contribution >= 0.6 is 11.6 Å². The maximum atomic E-state index is 11.6. The number of ether oxygens (including phenoxy) is 1. The molecule has 0 radical (unpaired) electrons. The Morgan fingerprint density at radius 2 is 1.97 bits per heavy atom. The van der Waals surface area contributed by atoms with Gasteiger partial charge in [-0.25, -0.2) is 4.98 Å². The monoisotopic (exact) mass is 503 g/mol. The zero-order valence-electron chi connectivity index (χ0n) is 20.1. The van der Waals surface area contributed by atoms with Gasteiger partial charge in [0.05, 0.1) is 12.1 Å². The number of anilines is 1. The third-order valence-corrected chi connectivity index (χ3v) is 6.95. The van der Waals surface area contributed by atoms with Gasteiger partial charge in [0.15, 0.2) is 0 Å². The molecule has 0 saturated heterocycles. The molecule has 0 saturated carbocycles. The number of benzene rings is 2. The Morgan fingerprint density at radius 1 is 1.06 bits per heavy atom. The fraction of sp³-hybridized carbons (Fsp3) is 0.321. The molecule has 1 aliphatic rings. The highest BCUT2D eigenvalue weighted by molar-refractivity contribution is 6.30. The zero-order chi connectivity index (χ0) is 24.9. The minimum Gasteiger partial charge on any atom is -0.380 e. The first-order valence-electron chi connectivity index (χ1n) is 12.4. The molecule has 2 heterocycles. The van der Waals surface area contributed by atoms with Crippen LogP contribution < -0.4 is 16.4 Å². The average Bonchev–Trinajstić information content (AvgIpc) is 3.29. The number of hydrogen-bond donors (Lipinski definition) is 3. The van der Waals surface area contributed by atoms with Crippen molar-refractivity contribution in [2.45, 2.75) is 31.7 Å². The Hall–Kier alpha value is -3.26. The SMILES string of the molecule is NC(=O)c1ccc2c(c1)nc(NCCOCCCCNC1CCc3ccc(Cl)cc31)c1ccncc12. The van der Waals surface area contributed by atoms with Crippen LogP contribution in [-0.4, -0.2) is 42.2 Å². The molecule has 2 aromatic carbocycles. The van der Waals surface area contributed by atoms with Crippen molar-refractivity contribution in [2.75, 3.05) is 31.6 Å². The molecule has 36 heavy (non-hydrogen) atoms. The summed E-state index contributed by atoms with van der Waals surface area (Å²) in [6.07, 6.45) is 7.88. The van der Waals surface area contributed by atoms with Gasteiger partial charge >= 0.3 is 0 Å². The Labute approximate surface area is 215 Å². The van der Waals surface area contributed by atoms with E-state index in [2.05, 4.69) is 27.8 Å². The first kappa shape index (κ1) is 24.4. The summed E-state index contributed by atoms with van der Waals surface area (Å²) in [6, 6.07) is 13.9. The van der Waals surface area contributed by atoms with Crippen LogP contribution in [0, 0.1) is 0 Å². The number of hydrogen-bond acceptors (Lipinski definition) is 6. The first-order chi connectivity index (χ1) is 17.6. The van der Waals surface area contributed by atoms with Gasteiger partial charge in [-0.2, -0.15) is 0 Å². The second-order valence-electron chi connectivity index (χ2n) is 9.11. The molecule has 186 valence electrons. The highest BCUT2D eigenvalue weighted by Gasteiger charge is 2.21. The summed E-state index contributed by atoms with van der Waals surface area (Å²) in [5.41, 5.74) is 9.34. The summed E-state index contributed by atoms with van der Waals surface area (Å²) in [5.74, 6) is 0.270. The fourth-order valence-electron chi connectivity index (χ4n) is 4.87. The topological polar surface area (TPSA) is 102 Å². The number of nitrogens with one attached hydrogen (secondary N) is 2. The number of nitrogens with two attached hydrogens (primary N) is 1. The number of aromatic nitrogens is 2. The van der Waals surface area contributed by atoms with Crippen molar-refractivity contribution in [1.82, 2.24) is 15.3 Å². The molecule has 8 heteroatoms. The van der Waals surface area contributed by atoms with E-state index in [1.54, 1.807) is 18.3 Å². The second-order valence-corrected chi connectivity index (χ2v) is 9.55. The van der Waals surface area contributed by atoms with E-state index in [-0.39, 0.29) is 0 Å². The van der Waals surface area contributed by atoms with Gasteiger partial charge in [-0.1, -0.05) is 23.7 Å². The molecular formula is C28H30ClN5O2. The Bertz CT molecular complexity index is 1390. The molecule has 0 bridgehead atoms. The molecule has 1 aliphatic carbocycles. The van der Waals surface area contributed by atoms with Crippen LogP contribution in [0.4, 0.5) is 5.82 Å². The van der Waals surface area contributed by atoms with Crippen LogP contribution in [0.1, 0.15) is 46.8 Å². The molecule has 2 aromatic heterocycles. The average molecular weight is 504 g/mol. The summed E-state index contributed by atoms with van der Waals surface area (Å²) in [5, 5.41) is 10.7. The molecule has 0 spiro atoms. The normalized spacial score (nSPS) is 14.9. The van der Waals surface area contributed by atoms with Crippen molar-refractivity contribution >= 4 is 45.0 Å². The molecule has 1 unspecified atom stereocenters. The number of carbonyl (C=O) groups excluding carboxylic acids is 1. The maximum Gasteiger partial charge on any atom is 0.248 e. The van der Waals surface area contributed by atoms with E-state index in [0.29, 0.717) is 36.9 Å². The van der Waals surface area contributed by atoms with Crippen molar-refractivity contribution in [1.29, 1.82) is 0 Å². The van der Waals surface area contributed by atoms with Crippen LogP contribution in [0.3, 0.4) is 0 Å². The minimum absolute atomic E-state index is 0.405. The number of rotatable bonds is 11. The van der Waals surface area contributed by atoms with E-state index in [9.17, 15) is 4.79 Å². The van der Waals surface area contributed by atoms with Crippen LogP contribution in [0.5, 0.6) is 0 Å². The predicted molar refractivity (Wildman–Crippen MR) is 145 cm³/mol. The largest absolute Gasteiger partial charge is 0.380 e. The van der Waals surface area contributed by atoms with E-state index >= 15 is 0 Å². The molecule has 5 rings (SSSR count). The van der Waals surface area contributed by atoms with E-state index in [0.717, 1.165) is 59.2 Å². The highest BCUT2D eigenvalue weighted by atomic mass is 35.5. The molecule has 1 amide bonds. The lowest BCUT2D eigenvalue weighted by atomic mass is 10.1. The van der Waals surface area contributed by atoms with Crippen molar-refractivity contribution < 1.29 is 9.53 Å². The number of halogens is 1. The van der Waals surface area contributed by atoms with E-state index in [4.69, 9.17) is 27.1 Å². The third-order valence-electron chi connectivity index (χ3n) is 6.71. The van der Waals surface area contributed by atoms with Gasteiger partial charge in [-0.15, -0.1) is 0 Å². The van der Waals surface area contributed by atoms with Crippen LogP contribution in [0.15, 0.2) is 54.9 Å². The number of pyridine rings is 2. The van der Waals surface area contributed by atoms with Crippen LogP contribution in [0.2, 0.25) is 5.02 Å². The van der Waals surface area contributed by atoms with Gasteiger partial charge in [-0.3, -0.25) is 9.78 Å². The summed E-state index contributed by atoms with van der Waals surface area (Å²) < 4.78 is 5.84. The number of primary amides is 1. The van der Waals surface area contributed by atoms with Gasteiger partial charge in [0.2, 0.25) is 5.91 Å². The zero-order valence-corrected chi connectivity index (χ0v) is 20.9. The number of nitrogens with zero attached hydrogens (tertiary/aromatic N) is 2. The van der Waals surface area contributed by atoms with Crippen LogP contribution in [-0.2, 0) is 11.2 Å². The molecule has 0 fully saturated rings. The lowest BCUT2D eigenvalue weighted by Crippen LogP contribution is -2.21. The lowest BCUT2D eigenvalue weighted by molar-refractivity contribution is 0.100. The molecule has 7 nitrogen and oxygen atoms in total. The number of fused-ring (bicyclic) bond motifs is 4.